The molecule has 2 amide bonds. The van der Waals surface area contributed by atoms with Crippen molar-refractivity contribution in [2.45, 2.75) is 13.0 Å². The quantitative estimate of drug-likeness (QED) is 0.841. The number of halogens is 1. The first-order valence-corrected chi connectivity index (χ1v) is 6.05. The van der Waals surface area contributed by atoms with E-state index in [2.05, 4.69) is 5.32 Å². The molecule has 0 unspecified atom stereocenters. The number of hydrogen-bond acceptors (Lipinski definition) is 3. The molecule has 5 nitrogen and oxygen atoms in total. The number of esters is 1. The first kappa shape index (κ1) is 14.0. The van der Waals surface area contributed by atoms with Crippen LogP contribution in [-0.2, 0) is 9.53 Å². The highest BCUT2D eigenvalue weighted by atomic mass is 19.1. The van der Waals surface area contributed by atoms with Crippen LogP contribution in [0.15, 0.2) is 35.5 Å². The summed E-state index contributed by atoms with van der Waals surface area (Å²) in [6.45, 7) is 1.62. The first-order chi connectivity index (χ1) is 9.47. The molecule has 0 aliphatic carbocycles. The van der Waals surface area contributed by atoms with E-state index < -0.39 is 23.9 Å². The number of rotatable bonds is 2. The maximum Gasteiger partial charge on any atom is 0.337 e. The fourth-order valence-electron chi connectivity index (χ4n) is 2.15. The van der Waals surface area contributed by atoms with Gasteiger partial charge in [0.25, 0.3) is 0 Å². The number of nitrogens with zero attached hydrogens (tertiary/aromatic N) is 1. The monoisotopic (exact) mass is 278 g/mol. The number of methoxy groups -OCH3 is 1. The van der Waals surface area contributed by atoms with E-state index in [9.17, 15) is 14.0 Å². The highest BCUT2D eigenvalue weighted by Gasteiger charge is 2.35. The van der Waals surface area contributed by atoms with E-state index in [-0.39, 0.29) is 11.1 Å². The van der Waals surface area contributed by atoms with Gasteiger partial charge in [0.15, 0.2) is 0 Å². The molecule has 0 spiro atoms. The van der Waals surface area contributed by atoms with E-state index in [1.54, 1.807) is 19.1 Å². The minimum Gasteiger partial charge on any atom is -0.466 e. The second-order valence-corrected chi connectivity index (χ2v) is 4.45. The van der Waals surface area contributed by atoms with E-state index in [1.807, 2.05) is 0 Å². The highest BCUT2D eigenvalue weighted by molar-refractivity contribution is 5.94. The molecule has 1 aliphatic rings. The zero-order chi connectivity index (χ0) is 14.9. The van der Waals surface area contributed by atoms with Crippen molar-refractivity contribution in [2.75, 3.05) is 14.2 Å². The fourth-order valence-corrected chi connectivity index (χ4v) is 2.15. The molecule has 0 radical (unpaired) electrons. The lowest BCUT2D eigenvalue weighted by atomic mass is 9.94. The van der Waals surface area contributed by atoms with Crippen LogP contribution in [0.5, 0.6) is 0 Å². The molecule has 0 saturated carbocycles. The Morgan fingerprint density at radius 1 is 1.40 bits per heavy atom. The Labute approximate surface area is 116 Å². The molecule has 1 N–H and O–H groups in total. The summed E-state index contributed by atoms with van der Waals surface area (Å²) in [6, 6.07) is 4.75. The number of allylic oxidation sites excluding steroid dienone is 1. The van der Waals surface area contributed by atoms with Crippen LogP contribution in [0.1, 0.15) is 18.5 Å². The summed E-state index contributed by atoms with van der Waals surface area (Å²) in [5, 5.41) is 2.61. The molecule has 0 aromatic heterocycles. The van der Waals surface area contributed by atoms with Gasteiger partial charge in [-0.3, -0.25) is 0 Å². The molecule has 2 rings (SSSR count). The third-order valence-corrected chi connectivity index (χ3v) is 3.38. The van der Waals surface area contributed by atoms with Gasteiger partial charge in [0.05, 0.1) is 18.7 Å². The van der Waals surface area contributed by atoms with Gasteiger partial charge < -0.3 is 15.0 Å². The van der Waals surface area contributed by atoms with Gasteiger partial charge >= 0.3 is 12.0 Å². The molecule has 20 heavy (non-hydrogen) atoms. The fraction of sp³-hybridized carbons (Fsp3) is 0.286. The van der Waals surface area contributed by atoms with Gasteiger partial charge in [0.1, 0.15) is 5.82 Å². The zero-order valence-corrected chi connectivity index (χ0v) is 11.4. The Morgan fingerprint density at radius 3 is 2.65 bits per heavy atom. The summed E-state index contributed by atoms with van der Waals surface area (Å²) < 4.78 is 18.7. The Balaban J connectivity index is 2.58. The van der Waals surface area contributed by atoms with Crippen LogP contribution in [0.25, 0.3) is 0 Å². The number of ether oxygens (including phenoxy) is 1. The molecule has 1 aromatic carbocycles. The van der Waals surface area contributed by atoms with Crippen LogP contribution in [0.4, 0.5) is 9.18 Å². The standard InChI is InChI=1S/C14H15FN2O3/c1-8-11(13(18)20-3)12(16-14(19)17(8)2)9-6-4-5-7-10(9)15/h4-7,12H,1-3H3,(H,16,19)/t12-/m1/s1. The lowest BCUT2D eigenvalue weighted by molar-refractivity contribution is -0.136. The summed E-state index contributed by atoms with van der Waals surface area (Å²) in [5.41, 5.74) is 0.891. The van der Waals surface area contributed by atoms with Crippen LogP contribution in [0.2, 0.25) is 0 Å². The third kappa shape index (κ3) is 2.24. The average molecular weight is 278 g/mol. The average Bonchev–Trinajstić information content (AvgIpc) is 2.44. The molecule has 1 aromatic rings. The summed E-state index contributed by atoms with van der Waals surface area (Å²) in [6.07, 6.45) is 0. The summed E-state index contributed by atoms with van der Waals surface area (Å²) >= 11 is 0. The van der Waals surface area contributed by atoms with Gasteiger partial charge in [-0.2, -0.15) is 0 Å². The normalized spacial score (nSPS) is 18.9. The van der Waals surface area contributed by atoms with Crippen molar-refractivity contribution in [1.82, 2.24) is 10.2 Å². The van der Waals surface area contributed by atoms with Gasteiger partial charge in [-0.05, 0) is 13.0 Å². The minimum absolute atomic E-state index is 0.222. The smallest absolute Gasteiger partial charge is 0.337 e. The number of carbonyl (C=O) groups excluding carboxylic acids is 2. The third-order valence-electron chi connectivity index (χ3n) is 3.38. The summed E-state index contributed by atoms with van der Waals surface area (Å²) in [5.74, 6) is -1.08. The molecule has 0 bridgehead atoms. The number of urea groups is 1. The zero-order valence-electron chi connectivity index (χ0n) is 11.4. The largest absolute Gasteiger partial charge is 0.466 e. The van der Waals surface area contributed by atoms with Gasteiger partial charge in [0, 0.05) is 18.3 Å². The Morgan fingerprint density at radius 2 is 2.05 bits per heavy atom. The maximum atomic E-state index is 13.9. The van der Waals surface area contributed by atoms with Crippen molar-refractivity contribution >= 4 is 12.0 Å². The lowest BCUT2D eigenvalue weighted by Gasteiger charge is -2.33. The van der Waals surface area contributed by atoms with Crippen molar-refractivity contribution in [2.24, 2.45) is 0 Å². The van der Waals surface area contributed by atoms with Crippen molar-refractivity contribution in [3.05, 3.63) is 46.9 Å². The molecular weight excluding hydrogens is 263 g/mol. The Hall–Kier alpha value is -2.37. The van der Waals surface area contributed by atoms with Crippen LogP contribution < -0.4 is 5.32 Å². The molecule has 1 heterocycles. The molecule has 1 atom stereocenters. The molecular formula is C14H15FN2O3. The van der Waals surface area contributed by atoms with Crippen molar-refractivity contribution in [3.63, 3.8) is 0 Å². The first-order valence-electron chi connectivity index (χ1n) is 6.05. The van der Waals surface area contributed by atoms with E-state index in [0.717, 1.165) is 0 Å². The van der Waals surface area contributed by atoms with Crippen LogP contribution >= 0.6 is 0 Å². The Kier molecular flexibility index (Phi) is 3.74. The second kappa shape index (κ2) is 5.32. The molecule has 0 saturated heterocycles. The van der Waals surface area contributed by atoms with Crippen LogP contribution in [-0.4, -0.2) is 31.1 Å². The molecule has 6 heteroatoms. The maximum absolute atomic E-state index is 13.9. The second-order valence-electron chi connectivity index (χ2n) is 4.45. The van der Waals surface area contributed by atoms with Crippen LogP contribution in [0, 0.1) is 5.82 Å². The summed E-state index contributed by atoms with van der Waals surface area (Å²) in [4.78, 5) is 25.1. The van der Waals surface area contributed by atoms with Crippen molar-refractivity contribution < 1.29 is 18.7 Å². The topological polar surface area (TPSA) is 58.6 Å². The van der Waals surface area contributed by atoms with Gasteiger partial charge in [0.2, 0.25) is 0 Å². The minimum atomic E-state index is -0.854. The number of benzene rings is 1. The number of nitrogens with one attached hydrogen (secondary N) is 1. The van der Waals surface area contributed by atoms with Gasteiger partial charge in [-0.15, -0.1) is 0 Å². The summed E-state index contributed by atoms with van der Waals surface area (Å²) in [7, 11) is 2.78. The Bertz CT molecular complexity index is 598. The lowest BCUT2D eigenvalue weighted by Crippen LogP contribution is -2.46. The predicted molar refractivity (Wildman–Crippen MR) is 70.2 cm³/mol. The van der Waals surface area contributed by atoms with Gasteiger partial charge in [-0.25, -0.2) is 14.0 Å². The number of hydrogen-bond donors (Lipinski definition) is 1. The van der Waals surface area contributed by atoms with E-state index in [4.69, 9.17) is 4.74 Å². The molecule has 1 aliphatic heterocycles. The number of amides is 2. The van der Waals surface area contributed by atoms with E-state index in [1.165, 1.54) is 31.2 Å². The molecule has 0 fully saturated rings. The van der Waals surface area contributed by atoms with Crippen molar-refractivity contribution in [1.29, 1.82) is 0 Å². The van der Waals surface area contributed by atoms with Crippen molar-refractivity contribution in [3.8, 4) is 0 Å². The van der Waals surface area contributed by atoms with Crippen LogP contribution in [0.3, 0.4) is 0 Å². The SMILES string of the molecule is COC(=O)C1=C(C)N(C)C(=O)N[C@@H]1c1ccccc1F. The van der Waals surface area contributed by atoms with E-state index in [0.29, 0.717) is 5.70 Å². The van der Waals surface area contributed by atoms with Gasteiger partial charge in [-0.1, -0.05) is 18.2 Å². The number of carbonyl (C=O) groups is 2. The highest BCUT2D eigenvalue weighted by Crippen LogP contribution is 2.31. The van der Waals surface area contributed by atoms with E-state index >= 15 is 0 Å². The molecule has 106 valence electrons. The predicted octanol–water partition coefficient (Wildman–Crippen LogP) is 1.97.